The van der Waals surface area contributed by atoms with E-state index in [-0.39, 0.29) is 26.2 Å². The first-order chi connectivity index (χ1) is 15.0. The van der Waals surface area contributed by atoms with Gasteiger partial charge in [-0.3, -0.25) is 14.7 Å². The zero-order chi connectivity index (χ0) is 23.1. The maximum atomic E-state index is 13.1. The minimum atomic E-state index is -4.48. The zero-order valence-corrected chi connectivity index (χ0v) is 17.3. The van der Waals surface area contributed by atoms with Crippen LogP contribution in [0, 0.1) is 0 Å². The molecule has 0 radical (unpaired) electrons. The molecule has 0 fully saturated rings. The van der Waals surface area contributed by atoms with E-state index in [1.165, 1.54) is 23.2 Å². The molecule has 3 aromatic rings. The van der Waals surface area contributed by atoms with E-state index in [2.05, 4.69) is 20.3 Å². The fourth-order valence-corrected chi connectivity index (χ4v) is 3.30. The van der Waals surface area contributed by atoms with E-state index in [9.17, 15) is 23.1 Å². The lowest BCUT2D eigenvalue weighted by molar-refractivity contribution is -0.137. The second-order valence-corrected chi connectivity index (χ2v) is 7.95. The van der Waals surface area contributed by atoms with Gasteiger partial charge in [0.2, 0.25) is 5.91 Å². The fourth-order valence-electron chi connectivity index (χ4n) is 3.30. The van der Waals surface area contributed by atoms with Crippen molar-refractivity contribution in [3.63, 3.8) is 0 Å². The average Bonchev–Trinajstić information content (AvgIpc) is 2.74. The van der Waals surface area contributed by atoms with E-state index < -0.39 is 17.3 Å². The average molecular weight is 445 g/mol. The Balaban J connectivity index is 0.00000306. The lowest BCUT2D eigenvalue weighted by Crippen LogP contribution is -2.40. The molecule has 1 aliphatic heterocycles. The van der Waals surface area contributed by atoms with Crippen LogP contribution >= 0.6 is 0 Å². The van der Waals surface area contributed by atoms with Gasteiger partial charge in [0.05, 0.1) is 36.2 Å². The Bertz CT molecular complexity index is 1160. The van der Waals surface area contributed by atoms with Crippen LogP contribution in [0.2, 0.25) is 0 Å². The summed E-state index contributed by atoms with van der Waals surface area (Å²) in [5.41, 5.74) is -0.0253. The summed E-state index contributed by atoms with van der Waals surface area (Å²) in [6.45, 7) is 3.13. The van der Waals surface area contributed by atoms with Crippen LogP contribution in [0.4, 0.5) is 24.8 Å². The molecule has 2 N–H and O–H groups in total. The predicted molar refractivity (Wildman–Crippen MR) is 114 cm³/mol. The van der Waals surface area contributed by atoms with Gasteiger partial charge in [-0.05, 0) is 43.7 Å². The Hall–Kier alpha value is -3.53. The molecule has 2 aromatic heterocycles. The van der Waals surface area contributed by atoms with E-state index in [4.69, 9.17) is 0 Å². The number of anilines is 2. The molecule has 4 rings (SSSR count). The van der Waals surface area contributed by atoms with Gasteiger partial charge >= 0.3 is 6.18 Å². The number of fused-ring (bicyclic) bond motifs is 1. The Morgan fingerprint density at radius 3 is 2.59 bits per heavy atom. The number of carbonyl (C=O) groups is 1. The number of hydrogen-bond acceptors (Lipinski definition) is 6. The molecule has 0 saturated carbocycles. The molecular formula is C22H22F3N5O2. The molecule has 0 bridgehead atoms. The Morgan fingerprint density at radius 2 is 1.94 bits per heavy atom. The summed E-state index contributed by atoms with van der Waals surface area (Å²) < 4.78 is 39.2. The van der Waals surface area contributed by atoms with Crippen molar-refractivity contribution in [2.45, 2.75) is 32.2 Å². The normalized spacial score (nSPS) is 14.2. The third-order valence-corrected chi connectivity index (χ3v) is 5.00. The molecule has 32 heavy (non-hydrogen) atoms. The molecule has 0 spiro atoms. The summed E-state index contributed by atoms with van der Waals surface area (Å²) in [6, 6.07) is 8.24. The van der Waals surface area contributed by atoms with Gasteiger partial charge in [0.15, 0.2) is 11.6 Å². The lowest BCUT2D eigenvalue weighted by atomic mass is 10.0. The standard InChI is InChI=1S/C22H20F3N5O2.H2/c1-21(2,32)17-7-6-14(9-26-17)16-10-27-19-20(29-16)30(18(31)11-28-19)12-13-4-3-5-15(8-13)22(23,24)25;/h3-10,32H,11-12H2,1-2H3,(H,27,28);1H. The van der Waals surface area contributed by atoms with Gasteiger partial charge in [-0.1, -0.05) is 12.1 Å². The van der Waals surface area contributed by atoms with Crippen LogP contribution in [0.25, 0.3) is 11.3 Å². The number of hydrogen-bond donors (Lipinski definition) is 2. The maximum Gasteiger partial charge on any atom is 0.416 e. The van der Waals surface area contributed by atoms with Gasteiger partial charge in [0.25, 0.3) is 0 Å². The van der Waals surface area contributed by atoms with E-state index in [1.54, 1.807) is 32.2 Å². The number of nitrogens with one attached hydrogen (secondary N) is 1. The minimum absolute atomic E-state index is 0. The largest absolute Gasteiger partial charge is 0.416 e. The number of amides is 1. The van der Waals surface area contributed by atoms with Crippen molar-refractivity contribution in [3.05, 3.63) is 65.6 Å². The van der Waals surface area contributed by atoms with Crippen LogP contribution in [-0.2, 0) is 23.1 Å². The maximum absolute atomic E-state index is 13.1. The Kier molecular flexibility index (Phi) is 5.33. The van der Waals surface area contributed by atoms with Crippen molar-refractivity contribution in [2.75, 3.05) is 16.8 Å². The van der Waals surface area contributed by atoms with Crippen molar-refractivity contribution in [2.24, 2.45) is 0 Å². The summed E-state index contributed by atoms with van der Waals surface area (Å²) in [7, 11) is 0. The number of rotatable bonds is 4. The van der Waals surface area contributed by atoms with Crippen LogP contribution in [0.1, 0.15) is 32.1 Å². The van der Waals surface area contributed by atoms with Crippen LogP contribution < -0.4 is 10.2 Å². The third kappa shape index (κ3) is 4.40. The van der Waals surface area contributed by atoms with Crippen LogP contribution in [0.3, 0.4) is 0 Å². The number of pyridine rings is 1. The van der Waals surface area contributed by atoms with E-state index >= 15 is 0 Å². The molecule has 7 nitrogen and oxygen atoms in total. The fraction of sp³-hybridized carbons (Fsp3) is 0.273. The van der Waals surface area contributed by atoms with Gasteiger partial charge in [-0.15, -0.1) is 0 Å². The van der Waals surface area contributed by atoms with Gasteiger partial charge in [-0.25, -0.2) is 9.97 Å². The van der Waals surface area contributed by atoms with E-state index in [0.29, 0.717) is 28.3 Å². The number of carbonyl (C=O) groups excluding carboxylic acids is 1. The second-order valence-electron chi connectivity index (χ2n) is 7.95. The molecule has 0 atom stereocenters. The van der Waals surface area contributed by atoms with Crippen molar-refractivity contribution < 1.29 is 24.5 Å². The van der Waals surface area contributed by atoms with Gasteiger partial charge in [0.1, 0.15) is 5.60 Å². The highest BCUT2D eigenvalue weighted by Crippen LogP contribution is 2.32. The quantitative estimate of drug-likeness (QED) is 0.631. The predicted octanol–water partition coefficient (Wildman–Crippen LogP) is 3.99. The monoisotopic (exact) mass is 445 g/mol. The Morgan fingerprint density at radius 1 is 1.16 bits per heavy atom. The van der Waals surface area contributed by atoms with Gasteiger partial charge < -0.3 is 10.4 Å². The molecular weight excluding hydrogens is 423 g/mol. The smallest absolute Gasteiger partial charge is 0.384 e. The number of aromatic nitrogens is 3. The highest BCUT2D eigenvalue weighted by molar-refractivity contribution is 6.00. The highest BCUT2D eigenvalue weighted by Gasteiger charge is 2.32. The number of nitrogens with zero attached hydrogens (tertiary/aromatic N) is 4. The second kappa shape index (κ2) is 7.86. The molecule has 1 aliphatic rings. The third-order valence-electron chi connectivity index (χ3n) is 5.00. The SMILES string of the molecule is CC(C)(O)c1ccc(-c2cnc3c(n2)N(Cc2cccc(C(F)(F)F)c2)C(=O)CN3)cn1.[HH]. The molecule has 0 aliphatic carbocycles. The molecule has 3 heterocycles. The number of aliphatic hydroxyl groups is 1. The first-order valence-corrected chi connectivity index (χ1v) is 9.79. The first kappa shape index (κ1) is 21.7. The van der Waals surface area contributed by atoms with E-state index in [0.717, 1.165) is 12.1 Å². The van der Waals surface area contributed by atoms with Crippen LogP contribution in [0.5, 0.6) is 0 Å². The molecule has 0 unspecified atom stereocenters. The van der Waals surface area contributed by atoms with Crippen molar-refractivity contribution in [3.8, 4) is 11.3 Å². The highest BCUT2D eigenvalue weighted by atomic mass is 19.4. The Labute approximate surface area is 183 Å². The summed E-state index contributed by atoms with van der Waals surface area (Å²) >= 11 is 0. The molecule has 168 valence electrons. The van der Waals surface area contributed by atoms with Crippen LogP contribution in [-0.4, -0.2) is 32.5 Å². The van der Waals surface area contributed by atoms with Crippen molar-refractivity contribution in [1.29, 1.82) is 0 Å². The first-order valence-electron chi connectivity index (χ1n) is 9.79. The van der Waals surface area contributed by atoms with Gasteiger partial charge in [0, 0.05) is 13.2 Å². The summed E-state index contributed by atoms with van der Waals surface area (Å²) in [5, 5.41) is 12.9. The molecule has 10 heteroatoms. The zero-order valence-electron chi connectivity index (χ0n) is 17.3. The summed E-state index contributed by atoms with van der Waals surface area (Å²) in [6.07, 6.45) is -1.42. The molecule has 1 amide bonds. The van der Waals surface area contributed by atoms with E-state index in [1.807, 2.05) is 0 Å². The molecule has 1 aromatic carbocycles. The van der Waals surface area contributed by atoms with Gasteiger partial charge in [-0.2, -0.15) is 13.2 Å². The topological polar surface area (TPSA) is 91.2 Å². The lowest BCUT2D eigenvalue weighted by Gasteiger charge is -2.28. The van der Waals surface area contributed by atoms with Crippen molar-refractivity contribution in [1.82, 2.24) is 15.0 Å². The number of alkyl halides is 3. The summed E-state index contributed by atoms with van der Waals surface area (Å²) in [5.74, 6) is 0.251. The number of benzene rings is 1. The minimum Gasteiger partial charge on any atom is -0.384 e. The molecule has 0 saturated heterocycles. The summed E-state index contributed by atoms with van der Waals surface area (Å²) in [4.78, 5) is 27.0. The van der Waals surface area contributed by atoms with Crippen molar-refractivity contribution >= 4 is 17.5 Å². The number of halogens is 3. The van der Waals surface area contributed by atoms with Crippen LogP contribution in [0.15, 0.2) is 48.8 Å².